The Bertz CT molecular complexity index is 897. The molecule has 1 aliphatic heterocycles. The largest absolute Gasteiger partial charge is 0.370 e. The van der Waals surface area contributed by atoms with E-state index in [0.29, 0.717) is 15.5 Å². The van der Waals surface area contributed by atoms with Crippen LogP contribution in [0.2, 0.25) is 10.0 Å². The number of anilines is 1. The van der Waals surface area contributed by atoms with Crippen LogP contribution in [0.5, 0.6) is 0 Å². The van der Waals surface area contributed by atoms with Crippen LogP contribution in [0, 0.1) is 17.8 Å². The monoisotopic (exact) mass is 415 g/mol. The van der Waals surface area contributed by atoms with Gasteiger partial charge in [-0.15, -0.1) is 0 Å². The van der Waals surface area contributed by atoms with Crippen LogP contribution >= 0.6 is 23.2 Å². The number of aromatic nitrogens is 2. The molecule has 5 heteroatoms. The normalized spacial score (nSPS) is 33.4. The van der Waals surface area contributed by atoms with Crippen molar-refractivity contribution in [2.24, 2.45) is 17.8 Å². The first-order valence-corrected chi connectivity index (χ1v) is 11.7. The van der Waals surface area contributed by atoms with Crippen LogP contribution < -0.4 is 5.32 Å². The van der Waals surface area contributed by atoms with E-state index in [1.54, 1.807) is 0 Å². The van der Waals surface area contributed by atoms with Gasteiger partial charge in [-0.2, -0.15) is 5.10 Å². The van der Waals surface area contributed by atoms with Crippen molar-refractivity contribution in [3.63, 3.8) is 0 Å². The van der Waals surface area contributed by atoms with E-state index in [9.17, 15) is 0 Å². The van der Waals surface area contributed by atoms with E-state index in [4.69, 9.17) is 28.3 Å². The van der Waals surface area contributed by atoms with E-state index >= 15 is 0 Å². The minimum atomic E-state index is 0.293. The molecule has 0 amide bonds. The average molecular weight is 416 g/mol. The van der Waals surface area contributed by atoms with Gasteiger partial charge in [0, 0.05) is 22.5 Å². The van der Waals surface area contributed by atoms with E-state index in [0.717, 1.165) is 42.2 Å². The summed E-state index contributed by atoms with van der Waals surface area (Å²) < 4.78 is 2.07. The van der Waals surface area contributed by atoms with Crippen LogP contribution in [-0.2, 0) is 11.8 Å². The lowest BCUT2D eigenvalue weighted by atomic mass is 9.48. The zero-order valence-electron chi connectivity index (χ0n) is 16.2. The fraction of sp³-hybridized carbons (Fsp3) is 0.609. The highest BCUT2D eigenvalue weighted by Crippen LogP contribution is 2.61. The van der Waals surface area contributed by atoms with Crippen molar-refractivity contribution in [1.29, 1.82) is 0 Å². The Morgan fingerprint density at radius 2 is 1.71 bits per heavy atom. The van der Waals surface area contributed by atoms with Crippen molar-refractivity contribution >= 4 is 29.0 Å². The lowest BCUT2D eigenvalue weighted by molar-refractivity contribution is -0.00773. The Morgan fingerprint density at radius 1 is 1.00 bits per heavy atom. The van der Waals surface area contributed by atoms with Gasteiger partial charge >= 0.3 is 0 Å². The summed E-state index contributed by atoms with van der Waals surface area (Å²) in [7, 11) is 0. The number of benzene rings is 1. The molecule has 2 heterocycles. The molecule has 5 aliphatic rings. The molecule has 0 radical (unpaired) electrons. The number of nitrogens with zero attached hydrogens (tertiary/aromatic N) is 2. The summed E-state index contributed by atoms with van der Waals surface area (Å²) in [6.07, 6.45) is 12.0. The molecular weight excluding hydrogens is 389 g/mol. The Morgan fingerprint density at radius 3 is 2.43 bits per heavy atom. The maximum Gasteiger partial charge on any atom is 0.133 e. The van der Waals surface area contributed by atoms with Gasteiger partial charge in [0.1, 0.15) is 5.82 Å². The van der Waals surface area contributed by atoms with Crippen LogP contribution in [0.3, 0.4) is 0 Å². The van der Waals surface area contributed by atoms with E-state index in [1.807, 2.05) is 18.2 Å². The van der Waals surface area contributed by atoms with Crippen molar-refractivity contribution in [3.8, 4) is 5.69 Å². The molecule has 0 spiro atoms. The SMILES string of the molecule is Clc1ccc(Cl)c(-n2nc(C34CC5CC(CC(C5)C3)C4)c3c2NCCCC3)c1. The van der Waals surface area contributed by atoms with Gasteiger partial charge in [-0.05, 0) is 93.7 Å². The molecule has 4 saturated carbocycles. The molecule has 0 unspecified atom stereocenters. The Kier molecular flexibility index (Phi) is 4.04. The van der Waals surface area contributed by atoms with Crippen LogP contribution in [0.1, 0.15) is 62.6 Å². The predicted molar refractivity (Wildman–Crippen MR) is 115 cm³/mol. The summed E-state index contributed by atoms with van der Waals surface area (Å²) in [5.41, 5.74) is 4.03. The number of hydrogen-bond acceptors (Lipinski definition) is 2. The van der Waals surface area contributed by atoms with Gasteiger partial charge in [0.05, 0.1) is 16.4 Å². The number of nitrogens with one attached hydrogen (secondary N) is 1. The standard InChI is InChI=1S/C23H27Cl2N3/c24-17-4-5-19(25)20(10-17)28-22-18(3-1-2-6-26-22)21(27-28)23-11-14-7-15(12-23)9-16(8-14)13-23/h4-5,10,14-16,26H,1-3,6-9,11-13H2. The minimum Gasteiger partial charge on any atom is -0.370 e. The van der Waals surface area contributed by atoms with Gasteiger partial charge < -0.3 is 5.32 Å². The number of rotatable bonds is 2. The highest BCUT2D eigenvalue weighted by atomic mass is 35.5. The zero-order chi connectivity index (χ0) is 18.9. The second-order valence-corrected chi connectivity index (χ2v) is 10.6. The first-order valence-electron chi connectivity index (χ1n) is 10.9. The summed E-state index contributed by atoms with van der Waals surface area (Å²) in [6, 6.07) is 5.69. The Hall–Kier alpha value is -1.19. The molecule has 1 N–H and O–H groups in total. The molecule has 1 aromatic carbocycles. The summed E-state index contributed by atoms with van der Waals surface area (Å²) in [6.45, 7) is 0.997. The molecule has 3 nitrogen and oxygen atoms in total. The first-order chi connectivity index (χ1) is 13.6. The summed E-state index contributed by atoms with van der Waals surface area (Å²) in [5.74, 6) is 3.91. The second-order valence-electron chi connectivity index (χ2n) is 9.77. The maximum absolute atomic E-state index is 6.59. The number of fused-ring (bicyclic) bond motifs is 1. The highest BCUT2D eigenvalue weighted by Gasteiger charge is 2.53. The molecule has 7 rings (SSSR count). The minimum absolute atomic E-state index is 0.293. The van der Waals surface area contributed by atoms with Gasteiger partial charge in [0.2, 0.25) is 0 Å². The van der Waals surface area contributed by atoms with Crippen molar-refractivity contribution in [3.05, 3.63) is 39.5 Å². The summed E-state index contributed by atoms with van der Waals surface area (Å²) in [4.78, 5) is 0. The van der Waals surface area contributed by atoms with Gasteiger partial charge in [-0.3, -0.25) is 0 Å². The molecular formula is C23H27Cl2N3. The quantitative estimate of drug-likeness (QED) is 0.614. The second kappa shape index (κ2) is 6.40. The van der Waals surface area contributed by atoms with E-state index in [1.165, 1.54) is 62.6 Å². The fourth-order valence-electron chi connectivity index (χ4n) is 7.15. The van der Waals surface area contributed by atoms with Crippen LogP contribution in [-0.4, -0.2) is 16.3 Å². The first kappa shape index (κ1) is 17.7. The van der Waals surface area contributed by atoms with Crippen molar-refractivity contribution in [1.82, 2.24) is 9.78 Å². The van der Waals surface area contributed by atoms with Gasteiger partial charge in [0.25, 0.3) is 0 Å². The number of hydrogen-bond donors (Lipinski definition) is 1. The molecule has 4 aliphatic carbocycles. The fourth-order valence-corrected chi connectivity index (χ4v) is 7.52. The van der Waals surface area contributed by atoms with Crippen LogP contribution in [0.25, 0.3) is 5.69 Å². The van der Waals surface area contributed by atoms with Crippen molar-refractivity contribution < 1.29 is 0 Å². The molecule has 0 atom stereocenters. The molecule has 4 fully saturated rings. The summed E-state index contributed by atoms with van der Waals surface area (Å²) >= 11 is 12.9. The lowest BCUT2D eigenvalue weighted by Crippen LogP contribution is -2.49. The van der Waals surface area contributed by atoms with Crippen LogP contribution in [0.15, 0.2) is 18.2 Å². The van der Waals surface area contributed by atoms with E-state index in [2.05, 4.69) is 10.00 Å². The van der Waals surface area contributed by atoms with Crippen molar-refractivity contribution in [2.75, 3.05) is 11.9 Å². The highest BCUT2D eigenvalue weighted by molar-refractivity contribution is 6.34. The summed E-state index contributed by atoms with van der Waals surface area (Å²) in [5, 5.41) is 10.4. The molecule has 28 heavy (non-hydrogen) atoms. The topological polar surface area (TPSA) is 29.9 Å². The number of halogens is 2. The third-order valence-corrected chi connectivity index (χ3v) is 8.36. The third kappa shape index (κ3) is 2.65. The molecule has 1 aromatic heterocycles. The van der Waals surface area contributed by atoms with E-state index in [-0.39, 0.29) is 0 Å². The lowest BCUT2D eigenvalue weighted by Gasteiger charge is -2.56. The average Bonchev–Trinajstić information content (AvgIpc) is 2.85. The van der Waals surface area contributed by atoms with E-state index < -0.39 is 0 Å². The molecule has 2 aromatic rings. The van der Waals surface area contributed by atoms with Crippen molar-refractivity contribution in [2.45, 2.75) is 63.2 Å². The van der Waals surface area contributed by atoms with Gasteiger partial charge in [-0.1, -0.05) is 23.2 Å². The molecule has 0 saturated heterocycles. The Labute approximate surface area is 176 Å². The smallest absolute Gasteiger partial charge is 0.133 e. The third-order valence-electron chi connectivity index (χ3n) is 7.81. The van der Waals surface area contributed by atoms with Gasteiger partial charge in [0.15, 0.2) is 0 Å². The molecule has 148 valence electrons. The molecule has 4 bridgehead atoms. The van der Waals surface area contributed by atoms with Gasteiger partial charge in [-0.25, -0.2) is 4.68 Å². The predicted octanol–water partition coefficient (Wildman–Crippen LogP) is 6.40. The zero-order valence-corrected chi connectivity index (χ0v) is 17.7. The van der Waals surface area contributed by atoms with Crippen LogP contribution in [0.4, 0.5) is 5.82 Å². The Balaban J connectivity index is 1.53. The maximum atomic E-state index is 6.59.